The lowest BCUT2D eigenvalue weighted by atomic mass is 10.0. The number of aromatic nitrogens is 1. The molecule has 0 fully saturated rings. The normalized spacial score (nSPS) is 10.8. The Hall–Kier alpha value is -2.81. The number of nitrogens with zero attached hydrogens (tertiary/aromatic N) is 3. The number of benzene rings is 2. The standard InChI is InChI=1S/C23H25ClN4O/c1-4-5-17-7-6-15(9-20(17)24)12-26-22-18(14-29)13-27-23-19(22)8-16(11-25)10-21(23)28(2)3/h6-10,13,29H,4-5,12,14H2,1-3H3,(H,26,27). The highest BCUT2D eigenvalue weighted by atomic mass is 35.5. The van der Waals surface area contributed by atoms with Gasteiger partial charge in [0.05, 0.1) is 35.1 Å². The van der Waals surface area contributed by atoms with E-state index in [4.69, 9.17) is 11.6 Å². The van der Waals surface area contributed by atoms with E-state index in [-0.39, 0.29) is 6.61 Å². The van der Waals surface area contributed by atoms with Gasteiger partial charge in [-0.1, -0.05) is 37.1 Å². The van der Waals surface area contributed by atoms with Crippen molar-refractivity contribution < 1.29 is 5.11 Å². The summed E-state index contributed by atoms with van der Waals surface area (Å²) in [7, 11) is 3.84. The summed E-state index contributed by atoms with van der Waals surface area (Å²) in [6.45, 7) is 2.54. The fraction of sp³-hybridized carbons (Fsp3) is 0.304. The third-order valence-electron chi connectivity index (χ3n) is 4.92. The van der Waals surface area contributed by atoms with Crippen molar-refractivity contribution in [2.24, 2.45) is 0 Å². The topological polar surface area (TPSA) is 72.2 Å². The number of halogens is 1. The molecule has 3 rings (SSSR count). The van der Waals surface area contributed by atoms with Crippen molar-refractivity contribution in [2.75, 3.05) is 24.3 Å². The second-order valence-corrected chi connectivity index (χ2v) is 7.65. The molecule has 0 spiro atoms. The zero-order valence-corrected chi connectivity index (χ0v) is 17.7. The molecule has 29 heavy (non-hydrogen) atoms. The van der Waals surface area contributed by atoms with Gasteiger partial charge in [0, 0.05) is 42.8 Å². The van der Waals surface area contributed by atoms with E-state index < -0.39 is 0 Å². The van der Waals surface area contributed by atoms with Gasteiger partial charge in [0.1, 0.15) is 0 Å². The highest BCUT2D eigenvalue weighted by Crippen LogP contribution is 2.33. The van der Waals surface area contributed by atoms with Crippen LogP contribution in [-0.4, -0.2) is 24.2 Å². The van der Waals surface area contributed by atoms with Crippen LogP contribution >= 0.6 is 11.6 Å². The second kappa shape index (κ2) is 9.13. The van der Waals surface area contributed by atoms with E-state index in [1.165, 1.54) is 0 Å². The van der Waals surface area contributed by atoms with Gasteiger partial charge in [0.25, 0.3) is 0 Å². The molecule has 0 amide bonds. The number of hydrogen-bond acceptors (Lipinski definition) is 5. The maximum atomic E-state index is 9.84. The van der Waals surface area contributed by atoms with E-state index in [9.17, 15) is 10.4 Å². The Kier molecular flexibility index (Phi) is 6.58. The van der Waals surface area contributed by atoms with E-state index in [0.29, 0.717) is 17.7 Å². The molecule has 0 aliphatic heterocycles. The van der Waals surface area contributed by atoms with Gasteiger partial charge in [-0.05, 0) is 35.7 Å². The third kappa shape index (κ3) is 4.45. The van der Waals surface area contributed by atoms with Gasteiger partial charge in [-0.15, -0.1) is 0 Å². The predicted octanol–water partition coefficient (Wildman–Crippen LogP) is 4.88. The quantitative estimate of drug-likeness (QED) is 0.582. The first kappa shape index (κ1) is 20.9. The van der Waals surface area contributed by atoms with Gasteiger partial charge in [-0.3, -0.25) is 4.98 Å². The van der Waals surface area contributed by atoms with Gasteiger partial charge in [0.2, 0.25) is 0 Å². The van der Waals surface area contributed by atoms with Crippen molar-refractivity contribution in [2.45, 2.75) is 32.9 Å². The summed E-state index contributed by atoms with van der Waals surface area (Å²) in [5.41, 5.74) is 5.86. The first-order valence-corrected chi connectivity index (χ1v) is 10.0. The Morgan fingerprint density at radius 3 is 2.62 bits per heavy atom. The number of rotatable bonds is 7. The summed E-state index contributed by atoms with van der Waals surface area (Å²) >= 11 is 6.42. The largest absolute Gasteiger partial charge is 0.392 e. The summed E-state index contributed by atoms with van der Waals surface area (Å²) in [5, 5.41) is 24.3. The second-order valence-electron chi connectivity index (χ2n) is 7.24. The summed E-state index contributed by atoms with van der Waals surface area (Å²) in [5.74, 6) is 0. The Morgan fingerprint density at radius 2 is 2.00 bits per heavy atom. The summed E-state index contributed by atoms with van der Waals surface area (Å²) in [6.07, 6.45) is 3.69. The van der Waals surface area contributed by atoms with Crippen LogP contribution in [0.25, 0.3) is 10.9 Å². The minimum Gasteiger partial charge on any atom is -0.392 e. The number of aliphatic hydroxyl groups excluding tert-OH is 1. The number of anilines is 2. The Balaban J connectivity index is 2.03. The summed E-state index contributed by atoms with van der Waals surface area (Å²) in [6, 6.07) is 12.0. The van der Waals surface area contributed by atoms with Crippen LogP contribution in [0.2, 0.25) is 5.02 Å². The number of aryl methyl sites for hydroxylation is 1. The van der Waals surface area contributed by atoms with Crippen LogP contribution in [0, 0.1) is 11.3 Å². The number of fused-ring (bicyclic) bond motifs is 1. The minimum absolute atomic E-state index is 0.143. The number of nitrogens with one attached hydrogen (secondary N) is 1. The molecular weight excluding hydrogens is 384 g/mol. The fourth-order valence-electron chi connectivity index (χ4n) is 3.42. The van der Waals surface area contributed by atoms with Crippen LogP contribution in [-0.2, 0) is 19.6 Å². The zero-order valence-electron chi connectivity index (χ0n) is 17.0. The lowest BCUT2D eigenvalue weighted by Crippen LogP contribution is -2.11. The highest BCUT2D eigenvalue weighted by Gasteiger charge is 2.14. The molecule has 2 N–H and O–H groups in total. The third-order valence-corrected chi connectivity index (χ3v) is 5.27. The van der Waals surface area contributed by atoms with E-state index in [1.54, 1.807) is 6.20 Å². The predicted molar refractivity (Wildman–Crippen MR) is 119 cm³/mol. The van der Waals surface area contributed by atoms with E-state index in [0.717, 1.165) is 51.3 Å². The zero-order chi connectivity index (χ0) is 21.0. The SMILES string of the molecule is CCCc1ccc(CNc2c(CO)cnc3c(N(C)C)cc(C#N)cc23)cc1Cl. The maximum Gasteiger partial charge on any atom is 0.0992 e. The van der Waals surface area contributed by atoms with E-state index >= 15 is 0 Å². The van der Waals surface area contributed by atoms with Crippen LogP contribution in [0.5, 0.6) is 0 Å². The molecule has 0 aliphatic carbocycles. The lowest BCUT2D eigenvalue weighted by molar-refractivity contribution is 0.282. The van der Waals surface area contributed by atoms with Gasteiger partial charge in [0.15, 0.2) is 0 Å². The Labute approximate surface area is 176 Å². The molecule has 0 saturated carbocycles. The molecule has 0 bridgehead atoms. The molecule has 150 valence electrons. The van der Waals surface area contributed by atoms with Gasteiger partial charge < -0.3 is 15.3 Å². The van der Waals surface area contributed by atoms with Gasteiger partial charge in [-0.25, -0.2) is 0 Å². The first-order chi connectivity index (χ1) is 14.0. The molecule has 0 saturated heterocycles. The average Bonchev–Trinajstić information content (AvgIpc) is 2.72. The molecule has 2 aromatic carbocycles. The van der Waals surface area contributed by atoms with Crippen molar-refractivity contribution in [3.8, 4) is 6.07 Å². The maximum absolute atomic E-state index is 9.84. The number of aliphatic hydroxyl groups is 1. The average molecular weight is 409 g/mol. The fourth-order valence-corrected chi connectivity index (χ4v) is 3.72. The molecule has 3 aromatic rings. The summed E-state index contributed by atoms with van der Waals surface area (Å²) < 4.78 is 0. The van der Waals surface area contributed by atoms with Crippen molar-refractivity contribution in [1.29, 1.82) is 5.26 Å². The van der Waals surface area contributed by atoms with Crippen LogP contribution in [0.15, 0.2) is 36.5 Å². The van der Waals surface area contributed by atoms with Crippen molar-refractivity contribution in [3.05, 3.63) is 63.8 Å². The van der Waals surface area contributed by atoms with Crippen molar-refractivity contribution >= 4 is 33.9 Å². The first-order valence-electron chi connectivity index (χ1n) is 9.63. The number of nitriles is 1. The smallest absolute Gasteiger partial charge is 0.0992 e. The van der Waals surface area contributed by atoms with Crippen LogP contribution in [0.1, 0.15) is 35.6 Å². The minimum atomic E-state index is -0.143. The molecule has 1 aromatic heterocycles. The number of pyridine rings is 1. The molecule has 0 unspecified atom stereocenters. The van der Waals surface area contributed by atoms with Crippen LogP contribution < -0.4 is 10.2 Å². The molecule has 0 aliphatic rings. The molecule has 0 atom stereocenters. The molecule has 1 heterocycles. The summed E-state index contributed by atoms with van der Waals surface area (Å²) in [4.78, 5) is 6.47. The molecule has 0 radical (unpaired) electrons. The van der Waals surface area contributed by atoms with E-state index in [2.05, 4.69) is 35.4 Å². The van der Waals surface area contributed by atoms with Crippen molar-refractivity contribution in [3.63, 3.8) is 0 Å². The molecule has 5 nitrogen and oxygen atoms in total. The van der Waals surface area contributed by atoms with Gasteiger partial charge >= 0.3 is 0 Å². The van der Waals surface area contributed by atoms with Crippen LogP contribution in [0.4, 0.5) is 11.4 Å². The molecular formula is C23H25ClN4O. The Morgan fingerprint density at radius 1 is 1.21 bits per heavy atom. The molecule has 6 heteroatoms. The van der Waals surface area contributed by atoms with Gasteiger partial charge in [-0.2, -0.15) is 5.26 Å². The Bertz CT molecular complexity index is 1070. The number of hydrogen-bond donors (Lipinski definition) is 2. The lowest BCUT2D eigenvalue weighted by Gasteiger charge is -2.19. The van der Waals surface area contributed by atoms with E-state index in [1.807, 2.05) is 37.2 Å². The van der Waals surface area contributed by atoms with Crippen LogP contribution in [0.3, 0.4) is 0 Å². The van der Waals surface area contributed by atoms with Crippen molar-refractivity contribution in [1.82, 2.24) is 4.98 Å². The monoisotopic (exact) mass is 408 g/mol. The highest BCUT2D eigenvalue weighted by molar-refractivity contribution is 6.31.